The molecule has 0 unspecified atom stereocenters. The summed E-state index contributed by atoms with van der Waals surface area (Å²) in [6.07, 6.45) is 12.1. The smallest absolute Gasteiger partial charge is 0.0546 e. The molecule has 1 N–H and O–H groups in total. The van der Waals surface area contributed by atoms with Crippen molar-refractivity contribution in [1.82, 2.24) is 0 Å². The van der Waals surface area contributed by atoms with Gasteiger partial charge in [-0.1, -0.05) is 24.3 Å². The lowest BCUT2D eigenvalue weighted by atomic mass is 10.1. The Bertz CT molecular complexity index is 120. The Kier molecular flexibility index (Phi) is 3.23. The molecule has 1 heteroatoms. The third-order valence-electron chi connectivity index (χ3n) is 1.72. The van der Waals surface area contributed by atoms with Crippen LogP contribution in [-0.2, 0) is 0 Å². The standard InChI is InChI=1S/C9H14O/c10-9-7-5-3-1-2-4-6-8-9/h1-4,9-10H,5-8H2/b3-1-,4-2-. The largest absolute Gasteiger partial charge is 0.393 e. The van der Waals surface area contributed by atoms with Gasteiger partial charge in [-0.25, -0.2) is 0 Å². The maximum Gasteiger partial charge on any atom is 0.0546 e. The fourth-order valence-corrected chi connectivity index (χ4v) is 1.07. The van der Waals surface area contributed by atoms with E-state index in [2.05, 4.69) is 24.3 Å². The van der Waals surface area contributed by atoms with Crippen molar-refractivity contribution < 1.29 is 5.11 Å². The van der Waals surface area contributed by atoms with Crippen molar-refractivity contribution in [3.8, 4) is 0 Å². The Balaban J connectivity index is 2.37. The van der Waals surface area contributed by atoms with E-state index in [4.69, 9.17) is 0 Å². The zero-order valence-electron chi connectivity index (χ0n) is 6.16. The molecule has 10 heavy (non-hydrogen) atoms. The Morgan fingerprint density at radius 2 is 1.50 bits per heavy atom. The van der Waals surface area contributed by atoms with Gasteiger partial charge >= 0.3 is 0 Å². The average Bonchev–Trinajstić information content (AvgIpc) is 2.02. The first kappa shape index (κ1) is 7.55. The van der Waals surface area contributed by atoms with E-state index in [1.165, 1.54) is 0 Å². The second kappa shape index (κ2) is 4.29. The summed E-state index contributed by atoms with van der Waals surface area (Å²) in [5, 5.41) is 9.27. The van der Waals surface area contributed by atoms with Gasteiger partial charge in [0.05, 0.1) is 6.10 Å². The fraction of sp³-hybridized carbons (Fsp3) is 0.556. The fourth-order valence-electron chi connectivity index (χ4n) is 1.07. The first-order chi connectivity index (χ1) is 4.89. The molecule has 0 radical (unpaired) electrons. The van der Waals surface area contributed by atoms with Crippen molar-refractivity contribution in [2.75, 3.05) is 0 Å². The molecule has 1 aliphatic rings. The first-order valence-electron chi connectivity index (χ1n) is 3.89. The summed E-state index contributed by atoms with van der Waals surface area (Å²) in [6, 6.07) is 0. The van der Waals surface area contributed by atoms with Crippen LogP contribution in [0.3, 0.4) is 0 Å². The molecule has 0 aromatic rings. The number of hydrogen-bond acceptors (Lipinski definition) is 1. The average molecular weight is 138 g/mol. The third-order valence-corrected chi connectivity index (χ3v) is 1.72. The summed E-state index contributed by atoms with van der Waals surface area (Å²) < 4.78 is 0. The van der Waals surface area contributed by atoms with E-state index >= 15 is 0 Å². The quantitative estimate of drug-likeness (QED) is 0.543. The lowest BCUT2D eigenvalue weighted by Crippen LogP contribution is -2.04. The Morgan fingerprint density at radius 3 is 2.00 bits per heavy atom. The van der Waals surface area contributed by atoms with Crippen molar-refractivity contribution in [3.05, 3.63) is 24.3 Å². The number of rotatable bonds is 0. The molecule has 0 heterocycles. The molecular formula is C9H14O. The van der Waals surface area contributed by atoms with Gasteiger partial charge in [-0.15, -0.1) is 0 Å². The summed E-state index contributed by atoms with van der Waals surface area (Å²) in [4.78, 5) is 0. The van der Waals surface area contributed by atoms with Gasteiger partial charge in [0, 0.05) is 0 Å². The zero-order chi connectivity index (χ0) is 7.23. The van der Waals surface area contributed by atoms with Crippen molar-refractivity contribution >= 4 is 0 Å². The lowest BCUT2D eigenvalue weighted by Gasteiger charge is -2.05. The monoisotopic (exact) mass is 138 g/mol. The molecule has 0 aliphatic heterocycles. The van der Waals surface area contributed by atoms with Crippen molar-refractivity contribution in [2.24, 2.45) is 0 Å². The van der Waals surface area contributed by atoms with Crippen LogP contribution in [0.25, 0.3) is 0 Å². The van der Waals surface area contributed by atoms with Crippen LogP contribution < -0.4 is 0 Å². The normalized spacial score (nSPS) is 28.1. The lowest BCUT2D eigenvalue weighted by molar-refractivity contribution is 0.157. The number of allylic oxidation sites excluding steroid dienone is 4. The summed E-state index contributed by atoms with van der Waals surface area (Å²) in [7, 11) is 0. The molecule has 0 saturated heterocycles. The summed E-state index contributed by atoms with van der Waals surface area (Å²) in [5.74, 6) is 0. The minimum absolute atomic E-state index is 0.0904. The molecule has 0 bridgehead atoms. The highest BCUT2D eigenvalue weighted by Crippen LogP contribution is 2.07. The highest BCUT2D eigenvalue weighted by molar-refractivity contribution is 5.03. The van der Waals surface area contributed by atoms with Crippen LogP contribution in [0.15, 0.2) is 24.3 Å². The number of aliphatic hydroxyl groups excluding tert-OH is 1. The Morgan fingerprint density at radius 1 is 1.00 bits per heavy atom. The van der Waals surface area contributed by atoms with E-state index in [1.807, 2.05) is 0 Å². The molecule has 0 saturated carbocycles. The molecule has 0 spiro atoms. The van der Waals surface area contributed by atoms with Crippen LogP contribution in [-0.4, -0.2) is 11.2 Å². The SMILES string of the molecule is OC1CC/C=C\C=C/CC1. The molecule has 56 valence electrons. The van der Waals surface area contributed by atoms with Gasteiger partial charge in [0.1, 0.15) is 0 Å². The second-order valence-corrected chi connectivity index (χ2v) is 2.66. The summed E-state index contributed by atoms with van der Waals surface area (Å²) in [6.45, 7) is 0. The molecule has 0 aromatic carbocycles. The third kappa shape index (κ3) is 2.83. The van der Waals surface area contributed by atoms with E-state index in [1.54, 1.807) is 0 Å². The summed E-state index contributed by atoms with van der Waals surface area (Å²) in [5.41, 5.74) is 0. The minimum atomic E-state index is -0.0904. The van der Waals surface area contributed by atoms with Crippen LogP contribution in [0.1, 0.15) is 25.7 Å². The van der Waals surface area contributed by atoms with Gasteiger partial charge in [0.15, 0.2) is 0 Å². The molecule has 1 aliphatic carbocycles. The number of hydrogen-bond donors (Lipinski definition) is 1. The van der Waals surface area contributed by atoms with Crippen LogP contribution in [0.4, 0.5) is 0 Å². The predicted octanol–water partition coefficient (Wildman–Crippen LogP) is 2.03. The van der Waals surface area contributed by atoms with Crippen LogP contribution in [0, 0.1) is 0 Å². The molecule has 0 aromatic heterocycles. The highest BCUT2D eigenvalue weighted by atomic mass is 16.3. The van der Waals surface area contributed by atoms with E-state index in [0.717, 1.165) is 25.7 Å². The van der Waals surface area contributed by atoms with Gasteiger partial charge < -0.3 is 5.11 Å². The van der Waals surface area contributed by atoms with Gasteiger partial charge in [0.2, 0.25) is 0 Å². The molecule has 0 amide bonds. The molecule has 1 rings (SSSR count). The van der Waals surface area contributed by atoms with Gasteiger partial charge in [-0.2, -0.15) is 0 Å². The Labute approximate surface area is 62.1 Å². The van der Waals surface area contributed by atoms with Crippen molar-refractivity contribution in [1.29, 1.82) is 0 Å². The highest BCUT2D eigenvalue weighted by Gasteiger charge is 2.00. The van der Waals surface area contributed by atoms with Gasteiger partial charge in [0.25, 0.3) is 0 Å². The molecule has 0 fully saturated rings. The van der Waals surface area contributed by atoms with Gasteiger partial charge in [-0.3, -0.25) is 0 Å². The zero-order valence-corrected chi connectivity index (χ0v) is 6.16. The molecule has 0 atom stereocenters. The second-order valence-electron chi connectivity index (χ2n) is 2.66. The van der Waals surface area contributed by atoms with Gasteiger partial charge in [-0.05, 0) is 25.7 Å². The van der Waals surface area contributed by atoms with E-state index < -0.39 is 0 Å². The maximum atomic E-state index is 9.27. The Hall–Kier alpha value is -0.560. The summed E-state index contributed by atoms with van der Waals surface area (Å²) >= 11 is 0. The van der Waals surface area contributed by atoms with E-state index in [9.17, 15) is 5.11 Å². The topological polar surface area (TPSA) is 20.2 Å². The first-order valence-corrected chi connectivity index (χ1v) is 3.89. The molecule has 1 nitrogen and oxygen atoms in total. The molecular weight excluding hydrogens is 124 g/mol. The number of aliphatic hydroxyl groups is 1. The van der Waals surface area contributed by atoms with Crippen LogP contribution >= 0.6 is 0 Å². The maximum absolute atomic E-state index is 9.27. The van der Waals surface area contributed by atoms with E-state index in [-0.39, 0.29) is 6.10 Å². The van der Waals surface area contributed by atoms with Crippen molar-refractivity contribution in [2.45, 2.75) is 31.8 Å². The van der Waals surface area contributed by atoms with Crippen molar-refractivity contribution in [3.63, 3.8) is 0 Å². The van der Waals surface area contributed by atoms with E-state index in [0.29, 0.717) is 0 Å². The van der Waals surface area contributed by atoms with Crippen LogP contribution in [0.5, 0.6) is 0 Å². The van der Waals surface area contributed by atoms with Crippen LogP contribution in [0.2, 0.25) is 0 Å². The predicted molar refractivity (Wildman–Crippen MR) is 42.8 cm³/mol. The minimum Gasteiger partial charge on any atom is -0.393 e.